The Kier molecular flexibility index (Phi) is 5.68. The molecule has 6 nitrogen and oxygen atoms in total. The molecule has 0 unspecified atom stereocenters. The first-order valence-electron chi connectivity index (χ1n) is 11.3. The minimum Gasteiger partial charge on any atom is -0.497 e. The van der Waals surface area contributed by atoms with Crippen molar-refractivity contribution in [3.05, 3.63) is 76.5 Å². The van der Waals surface area contributed by atoms with Crippen LogP contribution in [0.15, 0.2) is 65.5 Å². The van der Waals surface area contributed by atoms with Crippen LogP contribution in [0.3, 0.4) is 0 Å². The van der Waals surface area contributed by atoms with Gasteiger partial charge in [-0.05, 0) is 60.9 Å². The molecule has 4 aromatic rings. The number of hydrogen-bond acceptors (Lipinski definition) is 5. The molecule has 170 valence electrons. The molecule has 0 radical (unpaired) electrons. The van der Waals surface area contributed by atoms with Gasteiger partial charge in [0, 0.05) is 42.2 Å². The summed E-state index contributed by atoms with van der Waals surface area (Å²) in [5, 5.41) is 11.3. The van der Waals surface area contributed by atoms with Crippen LogP contribution in [0, 0.1) is 0 Å². The summed E-state index contributed by atoms with van der Waals surface area (Å²) in [4.78, 5) is 15.7. The van der Waals surface area contributed by atoms with Crippen LogP contribution in [0.4, 0.5) is 5.69 Å². The number of para-hydroxylation sites is 1. The lowest BCUT2D eigenvalue weighted by Gasteiger charge is -2.31. The minimum atomic E-state index is -0.234. The van der Waals surface area contributed by atoms with Gasteiger partial charge < -0.3 is 24.0 Å². The van der Waals surface area contributed by atoms with Crippen LogP contribution in [0.2, 0.25) is 0 Å². The molecule has 1 saturated heterocycles. The van der Waals surface area contributed by atoms with Gasteiger partial charge in [0.15, 0.2) is 5.43 Å². The number of fused-ring (bicyclic) bond motifs is 2. The molecule has 0 aliphatic carbocycles. The Morgan fingerprint density at radius 3 is 2.24 bits per heavy atom. The number of hydrogen-bond donors (Lipinski definition) is 1. The molecule has 1 aromatic heterocycles. The van der Waals surface area contributed by atoms with Gasteiger partial charge in [-0.3, -0.25) is 4.79 Å². The largest absolute Gasteiger partial charge is 0.497 e. The molecular formula is C27H28N2O4. The summed E-state index contributed by atoms with van der Waals surface area (Å²) in [6.45, 7) is 2.15. The van der Waals surface area contributed by atoms with Crippen molar-refractivity contribution >= 4 is 27.5 Å². The summed E-state index contributed by atoms with van der Waals surface area (Å²) >= 11 is 0. The van der Waals surface area contributed by atoms with Gasteiger partial charge in [-0.1, -0.05) is 12.1 Å². The summed E-state index contributed by atoms with van der Waals surface area (Å²) in [5.74, 6) is 1.46. The molecule has 2 heterocycles. The van der Waals surface area contributed by atoms with Crippen molar-refractivity contribution in [2.24, 2.45) is 0 Å². The molecule has 0 amide bonds. The van der Waals surface area contributed by atoms with Crippen LogP contribution in [-0.4, -0.2) is 43.1 Å². The average Bonchev–Trinajstić information content (AvgIpc) is 2.86. The van der Waals surface area contributed by atoms with Crippen molar-refractivity contribution in [1.82, 2.24) is 4.57 Å². The first kappa shape index (κ1) is 21.3. The van der Waals surface area contributed by atoms with E-state index >= 15 is 0 Å². The van der Waals surface area contributed by atoms with E-state index in [0.717, 1.165) is 59.7 Å². The lowest BCUT2D eigenvalue weighted by Crippen LogP contribution is -2.35. The zero-order valence-electron chi connectivity index (χ0n) is 19.0. The highest BCUT2D eigenvalue weighted by Gasteiger charge is 2.19. The van der Waals surface area contributed by atoms with Crippen LogP contribution >= 0.6 is 0 Å². The molecule has 1 fully saturated rings. The summed E-state index contributed by atoms with van der Waals surface area (Å²) in [5.41, 5.74) is 3.87. The van der Waals surface area contributed by atoms with E-state index in [0.29, 0.717) is 17.3 Å². The molecule has 6 heteroatoms. The molecule has 1 aliphatic rings. The molecule has 33 heavy (non-hydrogen) atoms. The van der Waals surface area contributed by atoms with Crippen molar-refractivity contribution in [2.45, 2.75) is 25.5 Å². The molecule has 0 bridgehead atoms. The fraction of sp³-hybridized carbons (Fsp3) is 0.296. The number of ether oxygens (including phenoxy) is 2. The van der Waals surface area contributed by atoms with E-state index < -0.39 is 0 Å². The van der Waals surface area contributed by atoms with Crippen LogP contribution < -0.4 is 19.8 Å². The summed E-state index contributed by atoms with van der Waals surface area (Å²) in [6, 6.07) is 19.7. The number of benzene rings is 3. The Hall–Kier alpha value is -3.51. The molecule has 1 N–H and O–H groups in total. The van der Waals surface area contributed by atoms with Gasteiger partial charge >= 0.3 is 0 Å². The molecule has 5 rings (SSSR count). The fourth-order valence-corrected chi connectivity index (χ4v) is 4.75. The average molecular weight is 445 g/mol. The Morgan fingerprint density at radius 1 is 0.879 bits per heavy atom. The van der Waals surface area contributed by atoms with Crippen molar-refractivity contribution in [3.8, 4) is 11.5 Å². The maximum absolute atomic E-state index is 13.5. The number of pyridine rings is 1. The lowest BCUT2D eigenvalue weighted by molar-refractivity contribution is 0.145. The van der Waals surface area contributed by atoms with Crippen molar-refractivity contribution in [3.63, 3.8) is 0 Å². The number of nitrogens with zero attached hydrogens (tertiary/aromatic N) is 2. The molecule has 0 spiro atoms. The Bertz CT molecular complexity index is 1350. The number of piperidine rings is 1. The van der Waals surface area contributed by atoms with E-state index in [1.54, 1.807) is 14.2 Å². The molecular weight excluding hydrogens is 416 g/mol. The minimum absolute atomic E-state index is 0.0407. The second-order valence-corrected chi connectivity index (χ2v) is 8.57. The number of aliphatic hydroxyl groups is 1. The third kappa shape index (κ3) is 4.02. The van der Waals surface area contributed by atoms with Gasteiger partial charge in [0.05, 0.1) is 31.4 Å². The summed E-state index contributed by atoms with van der Waals surface area (Å²) in [7, 11) is 3.29. The van der Waals surface area contributed by atoms with Crippen LogP contribution in [0.1, 0.15) is 18.4 Å². The molecule has 1 aliphatic heterocycles. The Labute approximate surface area is 192 Å². The highest BCUT2D eigenvalue weighted by Crippen LogP contribution is 2.28. The van der Waals surface area contributed by atoms with E-state index in [2.05, 4.69) is 15.5 Å². The number of aliphatic hydroxyl groups excluding tert-OH is 1. The van der Waals surface area contributed by atoms with Gasteiger partial charge in [0.1, 0.15) is 11.5 Å². The third-order valence-corrected chi connectivity index (χ3v) is 6.54. The maximum Gasteiger partial charge on any atom is 0.197 e. The highest BCUT2D eigenvalue weighted by atomic mass is 16.5. The van der Waals surface area contributed by atoms with Crippen LogP contribution in [0.5, 0.6) is 11.5 Å². The molecule has 3 aromatic carbocycles. The SMILES string of the molecule is COc1cc(Cn2c3ccccc3c(=O)c3cc(N4CCC(O)CC4)ccc32)cc(OC)c1. The van der Waals surface area contributed by atoms with Gasteiger partial charge in [0.2, 0.25) is 0 Å². The monoisotopic (exact) mass is 444 g/mol. The quantitative estimate of drug-likeness (QED) is 0.468. The second kappa shape index (κ2) is 8.79. The van der Waals surface area contributed by atoms with E-state index in [4.69, 9.17) is 9.47 Å². The second-order valence-electron chi connectivity index (χ2n) is 8.57. The van der Waals surface area contributed by atoms with Crippen molar-refractivity contribution in [2.75, 3.05) is 32.2 Å². The van der Waals surface area contributed by atoms with Gasteiger partial charge in [0.25, 0.3) is 0 Å². The summed E-state index contributed by atoms with van der Waals surface area (Å²) < 4.78 is 13.1. The smallest absolute Gasteiger partial charge is 0.197 e. The zero-order chi connectivity index (χ0) is 22.9. The van der Waals surface area contributed by atoms with Gasteiger partial charge in [-0.25, -0.2) is 0 Å². The van der Waals surface area contributed by atoms with Crippen molar-refractivity contribution < 1.29 is 14.6 Å². The molecule has 0 saturated carbocycles. The van der Waals surface area contributed by atoms with Crippen LogP contribution in [-0.2, 0) is 6.54 Å². The van der Waals surface area contributed by atoms with Gasteiger partial charge in [-0.2, -0.15) is 0 Å². The Morgan fingerprint density at radius 2 is 1.55 bits per heavy atom. The summed E-state index contributed by atoms with van der Waals surface area (Å²) in [6.07, 6.45) is 1.26. The highest BCUT2D eigenvalue weighted by molar-refractivity contribution is 5.95. The van der Waals surface area contributed by atoms with E-state index in [1.165, 1.54) is 0 Å². The normalized spacial score (nSPS) is 14.7. The van der Waals surface area contributed by atoms with Gasteiger partial charge in [-0.15, -0.1) is 0 Å². The number of anilines is 1. The predicted molar refractivity (Wildman–Crippen MR) is 132 cm³/mol. The van der Waals surface area contributed by atoms with E-state index in [1.807, 2.05) is 54.6 Å². The number of methoxy groups -OCH3 is 2. The standard InChI is InChI=1S/C27H28N2O4/c1-32-21-13-18(14-22(16-21)33-2)17-29-25-6-4-3-5-23(25)27(31)24-15-19(7-8-26(24)29)28-11-9-20(30)10-12-28/h3-8,13-16,20,30H,9-12,17H2,1-2H3. The lowest BCUT2D eigenvalue weighted by atomic mass is 10.0. The topological polar surface area (TPSA) is 63.9 Å². The van der Waals surface area contributed by atoms with E-state index in [-0.39, 0.29) is 11.5 Å². The molecule has 0 atom stereocenters. The zero-order valence-corrected chi connectivity index (χ0v) is 19.0. The Balaban J connectivity index is 1.67. The first-order valence-corrected chi connectivity index (χ1v) is 11.3. The van der Waals surface area contributed by atoms with Crippen molar-refractivity contribution in [1.29, 1.82) is 0 Å². The maximum atomic E-state index is 13.5. The number of rotatable bonds is 5. The predicted octanol–water partition coefficient (Wildman–Crippen LogP) is 4.18. The first-order chi connectivity index (χ1) is 16.1. The third-order valence-electron chi connectivity index (χ3n) is 6.54. The number of aromatic nitrogens is 1. The van der Waals surface area contributed by atoms with E-state index in [9.17, 15) is 9.90 Å². The fourth-order valence-electron chi connectivity index (χ4n) is 4.75. The van der Waals surface area contributed by atoms with Crippen LogP contribution in [0.25, 0.3) is 21.8 Å².